The van der Waals surface area contributed by atoms with Crippen molar-refractivity contribution in [1.82, 2.24) is 29.7 Å². The SMILES string of the molecule is CCN(CC)CCOc1c2[nH]c3ccc(Cl)cc3c2cc2c1[nH]c1ccc(Cl)cc12.Clc1ccc2[nH]c3c(OCCN4CCCC4)c4[nH]c5ccc(Cl)cc5c4cc3c2c1. The van der Waals surface area contributed by atoms with Gasteiger partial charge in [0.05, 0.1) is 22.1 Å². The quantitative estimate of drug-likeness (QED) is 0.110. The second-order valence-electron chi connectivity index (χ2n) is 15.6. The first-order valence-electron chi connectivity index (χ1n) is 20.7. The highest BCUT2D eigenvalue weighted by molar-refractivity contribution is 6.34. The smallest absolute Gasteiger partial charge is 0.167 e. The van der Waals surface area contributed by atoms with Gasteiger partial charge in [0.15, 0.2) is 11.5 Å². The van der Waals surface area contributed by atoms with Crippen molar-refractivity contribution in [3.63, 3.8) is 0 Å². The molecule has 12 heteroatoms. The Morgan fingerprint density at radius 2 is 0.833 bits per heavy atom. The van der Waals surface area contributed by atoms with Gasteiger partial charge in [-0.2, -0.15) is 0 Å². The average Bonchev–Trinajstić information content (AvgIpc) is 4.09. The standard InChI is InChI=1S/C24H21Cl2N3O.C24H23Cl2N3O/c25-14-3-5-20-16(11-14)18-13-19-17-12-15(26)4-6-21(17)28-23(19)24(22(18)27-20)30-10-9-29-7-1-2-8-29;1-3-29(4-2)9-10-30-24-22-18(16-11-14(25)5-7-20(16)27-22)13-19-17-12-15(26)6-8-21(17)28-23(19)24/h3-6,11-13,27-28H,1-2,7-10H2;5-8,11-13,27-28H,3-4,9-10H2,1-2H3. The number of aromatic amines is 4. The average molecular weight is 879 g/mol. The normalized spacial score (nSPS) is 13.7. The van der Waals surface area contributed by atoms with E-state index < -0.39 is 0 Å². The predicted molar refractivity (Wildman–Crippen MR) is 255 cm³/mol. The number of likely N-dealkylation sites (tertiary alicyclic amines) is 1. The molecule has 5 heterocycles. The number of hydrogen-bond acceptors (Lipinski definition) is 4. The molecule has 4 N–H and O–H groups in total. The van der Waals surface area contributed by atoms with E-state index in [4.69, 9.17) is 55.9 Å². The summed E-state index contributed by atoms with van der Waals surface area (Å²) in [5, 5.41) is 11.7. The van der Waals surface area contributed by atoms with E-state index in [-0.39, 0.29) is 0 Å². The van der Waals surface area contributed by atoms with Crippen molar-refractivity contribution >= 4 is 134 Å². The van der Waals surface area contributed by atoms with Crippen LogP contribution in [0.2, 0.25) is 20.1 Å². The molecule has 0 unspecified atom stereocenters. The number of nitrogens with zero attached hydrogens (tertiary/aromatic N) is 2. The Kier molecular flexibility index (Phi) is 10.6. The fraction of sp³-hybridized carbons (Fsp3) is 0.250. The summed E-state index contributed by atoms with van der Waals surface area (Å²) >= 11 is 25.2. The zero-order valence-electron chi connectivity index (χ0n) is 33.4. The molecule has 1 fully saturated rings. The molecule has 0 spiro atoms. The molecule has 0 atom stereocenters. The molecule has 0 amide bonds. The first kappa shape index (κ1) is 39.3. The number of nitrogens with one attached hydrogen (secondary N) is 4. The summed E-state index contributed by atoms with van der Waals surface area (Å²) < 4.78 is 12.9. The van der Waals surface area contributed by atoms with Crippen molar-refractivity contribution in [3.8, 4) is 11.5 Å². The molecule has 8 nitrogen and oxygen atoms in total. The maximum atomic E-state index is 6.44. The van der Waals surface area contributed by atoms with E-state index >= 15 is 0 Å². The third-order valence-corrected chi connectivity index (χ3v) is 13.0. The van der Waals surface area contributed by atoms with Crippen molar-refractivity contribution in [2.75, 3.05) is 52.5 Å². The maximum Gasteiger partial charge on any atom is 0.167 e. The molecule has 4 aromatic heterocycles. The van der Waals surface area contributed by atoms with E-state index in [0.717, 1.165) is 145 Å². The highest BCUT2D eigenvalue weighted by Crippen LogP contribution is 2.43. The molecule has 1 saturated heterocycles. The summed E-state index contributed by atoms with van der Waals surface area (Å²) in [6.07, 6.45) is 2.57. The third-order valence-electron chi connectivity index (χ3n) is 12.1. The maximum absolute atomic E-state index is 6.44. The summed E-state index contributed by atoms with van der Waals surface area (Å²) in [6.45, 7) is 11.8. The lowest BCUT2D eigenvalue weighted by Gasteiger charge is -2.18. The fourth-order valence-corrected chi connectivity index (χ4v) is 9.67. The summed E-state index contributed by atoms with van der Waals surface area (Å²) in [7, 11) is 0. The summed E-state index contributed by atoms with van der Waals surface area (Å²) in [4.78, 5) is 19.0. The molecule has 10 aromatic rings. The molecular formula is C48H44Cl4N6O2. The Hall–Kier alpha value is -4.80. The number of hydrogen-bond donors (Lipinski definition) is 4. The van der Waals surface area contributed by atoms with Crippen LogP contribution in [-0.2, 0) is 0 Å². The zero-order valence-corrected chi connectivity index (χ0v) is 36.4. The second kappa shape index (κ2) is 16.2. The van der Waals surface area contributed by atoms with Crippen LogP contribution in [0.3, 0.4) is 0 Å². The van der Waals surface area contributed by atoms with Gasteiger partial charge in [0.2, 0.25) is 0 Å². The van der Waals surface area contributed by atoms with E-state index in [0.29, 0.717) is 13.2 Å². The number of aromatic nitrogens is 4. The van der Waals surface area contributed by atoms with E-state index in [2.05, 4.69) is 55.7 Å². The van der Waals surface area contributed by atoms with E-state index in [1.165, 1.54) is 25.9 Å². The largest absolute Gasteiger partial charge is 0.488 e. The highest BCUT2D eigenvalue weighted by atomic mass is 35.5. The lowest BCUT2D eigenvalue weighted by molar-refractivity contribution is 0.225. The van der Waals surface area contributed by atoms with Crippen LogP contribution >= 0.6 is 46.4 Å². The van der Waals surface area contributed by atoms with Gasteiger partial charge in [0.1, 0.15) is 13.2 Å². The Bertz CT molecular complexity index is 2830. The topological polar surface area (TPSA) is 88.1 Å². The monoisotopic (exact) mass is 876 g/mol. The van der Waals surface area contributed by atoms with Gasteiger partial charge in [-0.05, 0) is 124 Å². The van der Waals surface area contributed by atoms with Gasteiger partial charge in [-0.3, -0.25) is 4.90 Å². The summed E-state index contributed by atoms with van der Waals surface area (Å²) in [6, 6.07) is 28.1. The second-order valence-corrected chi connectivity index (χ2v) is 17.4. The lowest BCUT2D eigenvalue weighted by atomic mass is 10.1. The highest BCUT2D eigenvalue weighted by Gasteiger charge is 2.21. The van der Waals surface area contributed by atoms with Crippen molar-refractivity contribution in [1.29, 1.82) is 0 Å². The van der Waals surface area contributed by atoms with Gasteiger partial charge in [0, 0.05) is 98.3 Å². The first-order valence-corrected chi connectivity index (χ1v) is 22.2. The lowest BCUT2D eigenvalue weighted by Crippen LogP contribution is -2.27. The van der Waals surface area contributed by atoms with Crippen LogP contribution in [0.4, 0.5) is 0 Å². The molecule has 0 aliphatic carbocycles. The summed E-state index contributed by atoms with van der Waals surface area (Å²) in [5.74, 6) is 1.70. The zero-order chi connectivity index (χ0) is 41.1. The Morgan fingerprint density at radius 3 is 1.18 bits per heavy atom. The van der Waals surface area contributed by atoms with Gasteiger partial charge < -0.3 is 34.3 Å². The number of benzene rings is 6. The van der Waals surface area contributed by atoms with Gasteiger partial charge >= 0.3 is 0 Å². The van der Waals surface area contributed by atoms with Crippen molar-refractivity contribution in [2.24, 2.45) is 0 Å². The molecule has 1 aliphatic heterocycles. The number of likely N-dealkylation sites (N-methyl/N-ethyl adjacent to an activating group) is 1. The minimum Gasteiger partial charge on any atom is -0.488 e. The molecule has 1 aliphatic rings. The number of halogens is 4. The van der Waals surface area contributed by atoms with E-state index in [1.807, 2.05) is 72.8 Å². The molecule has 60 heavy (non-hydrogen) atoms. The Morgan fingerprint density at radius 1 is 0.483 bits per heavy atom. The number of fused-ring (bicyclic) bond motifs is 12. The van der Waals surface area contributed by atoms with Crippen LogP contribution in [0.15, 0.2) is 84.9 Å². The van der Waals surface area contributed by atoms with Gasteiger partial charge in [0.25, 0.3) is 0 Å². The molecule has 0 radical (unpaired) electrons. The fourth-order valence-electron chi connectivity index (χ4n) is 8.98. The van der Waals surface area contributed by atoms with Crippen LogP contribution in [0.5, 0.6) is 11.5 Å². The molecule has 0 saturated carbocycles. The minimum absolute atomic E-state index is 0.613. The van der Waals surface area contributed by atoms with Gasteiger partial charge in [-0.25, -0.2) is 0 Å². The van der Waals surface area contributed by atoms with Crippen LogP contribution in [0.1, 0.15) is 26.7 Å². The minimum atomic E-state index is 0.613. The number of rotatable bonds is 10. The first-order chi connectivity index (χ1) is 29.3. The molecule has 0 bridgehead atoms. The van der Waals surface area contributed by atoms with Gasteiger partial charge in [-0.15, -0.1) is 0 Å². The van der Waals surface area contributed by atoms with Gasteiger partial charge in [-0.1, -0.05) is 60.3 Å². The van der Waals surface area contributed by atoms with E-state index in [9.17, 15) is 0 Å². The van der Waals surface area contributed by atoms with Crippen LogP contribution < -0.4 is 9.47 Å². The van der Waals surface area contributed by atoms with Crippen LogP contribution in [0.25, 0.3) is 87.2 Å². The Balaban J connectivity index is 0.000000144. The van der Waals surface area contributed by atoms with Crippen LogP contribution in [0, 0.1) is 0 Å². The van der Waals surface area contributed by atoms with Crippen molar-refractivity contribution < 1.29 is 9.47 Å². The third kappa shape index (κ3) is 7.17. The van der Waals surface area contributed by atoms with Crippen molar-refractivity contribution in [3.05, 3.63) is 105 Å². The number of ether oxygens (including phenoxy) is 2. The molecule has 11 rings (SSSR count). The molecule has 6 aromatic carbocycles. The van der Waals surface area contributed by atoms with E-state index in [1.54, 1.807) is 0 Å². The van der Waals surface area contributed by atoms with Crippen molar-refractivity contribution in [2.45, 2.75) is 26.7 Å². The number of H-pyrrole nitrogens is 4. The van der Waals surface area contributed by atoms with Crippen LogP contribution in [-0.4, -0.2) is 82.2 Å². The predicted octanol–water partition coefficient (Wildman–Crippen LogP) is 13.7. The molecule has 306 valence electrons. The Labute approximate surface area is 366 Å². The summed E-state index contributed by atoms with van der Waals surface area (Å²) in [5.41, 5.74) is 8.14. The molecular weight excluding hydrogens is 834 g/mol.